The number of carboxylic acid groups (broad SMARTS) is 1. The molecule has 0 saturated heterocycles. The van der Waals surface area contributed by atoms with Crippen LogP contribution in [-0.4, -0.2) is 36.9 Å². The lowest BCUT2D eigenvalue weighted by molar-refractivity contribution is 0.0685. The van der Waals surface area contributed by atoms with Crippen molar-refractivity contribution < 1.29 is 27.1 Å². The highest BCUT2D eigenvalue weighted by Gasteiger charge is 2.30. The van der Waals surface area contributed by atoms with Crippen molar-refractivity contribution in [2.75, 3.05) is 13.1 Å². The van der Waals surface area contributed by atoms with Crippen LogP contribution in [0.3, 0.4) is 0 Å². The van der Waals surface area contributed by atoms with E-state index in [4.69, 9.17) is 5.11 Å². The molecular formula is C13H13F2NO4S. The highest BCUT2D eigenvalue weighted by molar-refractivity contribution is 7.89. The van der Waals surface area contributed by atoms with E-state index in [1.807, 2.05) is 0 Å². The molecule has 0 aliphatic heterocycles. The fraction of sp³-hybridized carbons (Fsp3) is 0.154. The Morgan fingerprint density at radius 3 is 2.19 bits per heavy atom. The topological polar surface area (TPSA) is 74.7 Å². The Morgan fingerprint density at radius 2 is 1.76 bits per heavy atom. The molecule has 0 aliphatic rings. The van der Waals surface area contributed by atoms with Crippen molar-refractivity contribution in [2.24, 2.45) is 0 Å². The maximum absolute atomic E-state index is 14.0. The summed E-state index contributed by atoms with van der Waals surface area (Å²) in [6, 6.07) is 1.28. The number of rotatable bonds is 7. The molecule has 8 heteroatoms. The van der Waals surface area contributed by atoms with Crippen LogP contribution in [0.2, 0.25) is 0 Å². The van der Waals surface area contributed by atoms with Gasteiger partial charge in [-0.3, -0.25) is 0 Å². The number of nitrogens with zero attached hydrogens (tertiary/aromatic N) is 1. The van der Waals surface area contributed by atoms with Crippen LogP contribution in [0.15, 0.2) is 42.3 Å². The third-order valence-electron chi connectivity index (χ3n) is 2.55. The van der Waals surface area contributed by atoms with Gasteiger partial charge in [0.2, 0.25) is 10.0 Å². The van der Waals surface area contributed by atoms with Gasteiger partial charge in [-0.05, 0) is 12.1 Å². The minimum atomic E-state index is -4.34. The SMILES string of the molecule is C=CCN(CC=C)S(=O)(=O)c1ccc(F)c(C(=O)O)c1F. The molecule has 0 heterocycles. The van der Waals surface area contributed by atoms with Crippen molar-refractivity contribution in [2.45, 2.75) is 4.90 Å². The molecule has 0 radical (unpaired) electrons. The number of carboxylic acids is 1. The van der Waals surface area contributed by atoms with E-state index in [2.05, 4.69) is 13.2 Å². The third-order valence-corrected chi connectivity index (χ3v) is 4.40. The number of halogens is 2. The number of carbonyl (C=O) groups is 1. The Labute approximate surface area is 120 Å². The van der Waals surface area contributed by atoms with Crippen molar-refractivity contribution in [1.29, 1.82) is 0 Å². The number of hydrogen-bond donors (Lipinski definition) is 1. The molecule has 0 fully saturated rings. The summed E-state index contributed by atoms with van der Waals surface area (Å²) in [5, 5.41) is 8.76. The molecule has 1 rings (SSSR count). The standard InChI is InChI=1S/C13H13F2NO4S/c1-3-7-16(8-4-2)21(19,20)10-6-5-9(14)11(12(10)15)13(17)18/h3-6H,1-2,7-8H2,(H,17,18). The molecule has 0 aromatic heterocycles. The zero-order chi connectivity index (χ0) is 16.2. The van der Waals surface area contributed by atoms with Gasteiger partial charge in [-0.2, -0.15) is 4.31 Å². The predicted molar refractivity (Wildman–Crippen MR) is 72.5 cm³/mol. The molecule has 1 aromatic rings. The summed E-state index contributed by atoms with van der Waals surface area (Å²) >= 11 is 0. The molecule has 0 bridgehead atoms. The average molecular weight is 317 g/mol. The van der Waals surface area contributed by atoms with Gasteiger partial charge in [0.25, 0.3) is 0 Å². The van der Waals surface area contributed by atoms with Crippen molar-refractivity contribution in [3.05, 3.63) is 54.6 Å². The zero-order valence-electron chi connectivity index (χ0n) is 10.9. The zero-order valence-corrected chi connectivity index (χ0v) is 11.7. The second-order valence-electron chi connectivity index (χ2n) is 3.94. The maximum atomic E-state index is 14.0. The van der Waals surface area contributed by atoms with Gasteiger partial charge in [-0.25, -0.2) is 22.0 Å². The lowest BCUT2D eigenvalue weighted by Gasteiger charge is -2.19. The van der Waals surface area contributed by atoms with E-state index in [-0.39, 0.29) is 13.1 Å². The van der Waals surface area contributed by atoms with Crippen molar-refractivity contribution in [3.63, 3.8) is 0 Å². The van der Waals surface area contributed by atoms with Crippen molar-refractivity contribution >= 4 is 16.0 Å². The summed E-state index contributed by atoms with van der Waals surface area (Å²) in [6.45, 7) is 6.51. The first-order valence-electron chi connectivity index (χ1n) is 5.70. The Balaban J connectivity index is 3.51. The number of sulfonamides is 1. The van der Waals surface area contributed by atoms with Gasteiger partial charge in [0.05, 0.1) is 0 Å². The van der Waals surface area contributed by atoms with Gasteiger partial charge >= 0.3 is 5.97 Å². The van der Waals surface area contributed by atoms with Crippen LogP contribution in [0.25, 0.3) is 0 Å². The lowest BCUT2D eigenvalue weighted by atomic mass is 10.2. The van der Waals surface area contributed by atoms with Gasteiger partial charge in [0, 0.05) is 13.1 Å². The van der Waals surface area contributed by atoms with Crippen molar-refractivity contribution in [3.8, 4) is 0 Å². The Morgan fingerprint density at radius 1 is 1.24 bits per heavy atom. The fourth-order valence-electron chi connectivity index (χ4n) is 1.63. The van der Waals surface area contributed by atoms with E-state index in [1.54, 1.807) is 0 Å². The largest absolute Gasteiger partial charge is 0.477 e. The van der Waals surface area contributed by atoms with Crippen LogP contribution in [0.1, 0.15) is 10.4 Å². The second kappa shape index (κ2) is 6.59. The van der Waals surface area contributed by atoms with Crippen LogP contribution in [0, 0.1) is 11.6 Å². The first kappa shape index (κ1) is 17.0. The van der Waals surface area contributed by atoms with E-state index in [1.165, 1.54) is 12.2 Å². The van der Waals surface area contributed by atoms with Gasteiger partial charge in [0.1, 0.15) is 16.3 Å². The van der Waals surface area contributed by atoms with Gasteiger partial charge < -0.3 is 5.11 Å². The van der Waals surface area contributed by atoms with Crippen molar-refractivity contribution in [1.82, 2.24) is 4.31 Å². The van der Waals surface area contributed by atoms with Crippen LogP contribution in [0.5, 0.6) is 0 Å². The number of aromatic carboxylic acids is 1. The van der Waals surface area contributed by atoms with Crippen LogP contribution < -0.4 is 0 Å². The molecule has 1 aromatic carbocycles. The van der Waals surface area contributed by atoms with E-state index in [9.17, 15) is 22.0 Å². The average Bonchev–Trinajstić information content (AvgIpc) is 2.37. The van der Waals surface area contributed by atoms with E-state index < -0.39 is 38.1 Å². The van der Waals surface area contributed by atoms with Gasteiger partial charge in [-0.15, -0.1) is 13.2 Å². The maximum Gasteiger partial charge on any atom is 0.341 e. The number of hydrogen-bond acceptors (Lipinski definition) is 3. The van der Waals surface area contributed by atoms with Gasteiger partial charge in [0.15, 0.2) is 5.82 Å². The van der Waals surface area contributed by atoms with E-state index in [0.29, 0.717) is 12.1 Å². The molecule has 0 amide bonds. The second-order valence-corrected chi connectivity index (χ2v) is 5.85. The summed E-state index contributed by atoms with van der Waals surface area (Å²) in [6.07, 6.45) is 2.56. The highest BCUT2D eigenvalue weighted by atomic mass is 32.2. The highest BCUT2D eigenvalue weighted by Crippen LogP contribution is 2.24. The summed E-state index contributed by atoms with van der Waals surface area (Å²) < 4.78 is 52.8. The lowest BCUT2D eigenvalue weighted by Crippen LogP contribution is -2.32. The molecule has 21 heavy (non-hydrogen) atoms. The molecule has 0 atom stereocenters. The first-order valence-corrected chi connectivity index (χ1v) is 7.14. The Bertz CT molecular complexity index is 676. The molecule has 0 spiro atoms. The summed E-state index contributed by atoms with van der Waals surface area (Å²) in [4.78, 5) is 9.91. The minimum Gasteiger partial charge on any atom is -0.477 e. The molecule has 0 unspecified atom stereocenters. The molecule has 5 nitrogen and oxygen atoms in total. The number of benzene rings is 1. The summed E-state index contributed by atoms with van der Waals surface area (Å²) in [5.41, 5.74) is -1.31. The molecular weight excluding hydrogens is 304 g/mol. The van der Waals surface area contributed by atoms with E-state index in [0.717, 1.165) is 4.31 Å². The predicted octanol–water partition coefficient (Wildman–Crippen LogP) is 2.03. The van der Waals surface area contributed by atoms with Crippen LogP contribution >= 0.6 is 0 Å². The van der Waals surface area contributed by atoms with Gasteiger partial charge in [-0.1, -0.05) is 12.2 Å². The molecule has 0 aliphatic carbocycles. The van der Waals surface area contributed by atoms with Crippen LogP contribution in [0.4, 0.5) is 8.78 Å². The Hall–Kier alpha value is -2.06. The third kappa shape index (κ3) is 3.34. The molecule has 0 saturated carbocycles. The monoisotopic (exact) mass is 317 g/mol. The van der Waals surface area contributed by atoms with E-state index >= 15 is 0 Å². The molecule has 114 valence electrons. The summed E-state index contributed by atoms with van der Waals surface area (Å²) in [7, 11) is -4.34. The minimum absolute atomic E-state index is 0.131. The molecule has 1 N–H and O–H groups in total. The Kier molecular flexibility index (Phi) is 5.34. The summed E-state index contributed by atoms with van der Waals surface area (Å²) in [5.74, 6) is -4.88. The fourth-order valence-corrected chi connectivity index (χ4v) is 3.08. The van der Waals surface area contributed by atoms with Crippen LogP contribution in [-0.2, 0) is 10.0 Å². The smallest absolute Gasteiger partial charge is 0.341 e. The quantitative estimate of drug-likeness (QED) is 0.781. The normalized spacial score (nSPS) is 11.4. The first-order chi connectivity index (χ1) is 9.77.